The lowest BCUT2D eigenvalue weighted by molar-refractivity contribution is -0.119. The molecule has 0 atom stereocenters. The second kappa shape index (κ2) is 6.74. The van der Waals surface area contributed by atoms with Crippen LogP contribution in [0.1, 0.15) is 0 Å². The van der Waals surface area contributed by atoms with Crippen molar-refractivity contribution in [2.75, 3.05) is 37.5 Å². The number of benzene rings is 1. The van der Waals surface area contributed by atoms with Crippen LogP contribution in [-0.2, 0) is 15.0 Å². The van der Waals surface area contributed by atoms with Crippen molar-refractivity contribution in [2.45, 2.75) is 0 Å². The number of ether oxygens (including phenoxy) is 1. The number of hydrogen-bond acceptors (Lipinski definition) is 5. The van der Waals surface area contributed by atoms with Crippen molar-refractivity contribution in [3.63, 3.8) is 0 Å². The fraction of sp³-hybridized carbons (Fsp3) is 0.417. The molecule has 0 saturated carbocycles. The molecule has 0 unspecified atom stereocenters. The SMILES string of the molecule is NC(=O)COc1ccc(NS(=O)(=O)N2CCNCC2)cc1. The molecule has 0 radical (unpaired) electrons. The molecule has 1 aliphatic heterocycles. The van der Waals surface area contributed by atoms with E-state index in [9.17, 15) is 13.2 Å². The fourth-order valence-corrected chi connectivity index (χ4v) is 3.10. The minimum Gasteiger partial charge on any atom is -0.484 e. The average Bonchev–Trinajstić information content (AvgIpc) is 2.47. The molecule has 116 valence electrons. The third-order valence-electron chi connectivity index (χ3n) is 2.90. The molecule has 1 aromatic rings. The van der Waals surface area contributed by atoms with Crippen LogP contribution in [0.4, 0.5) is 5.69 Å². The third kappa shape index (κ3) is 4.59. The molecule has 1 saturated heterocycles. The maximum absolute atomic E-state index is 12.1. The number of primary amides is 1. The summed E-state index contributed by atoms with van der Waals surface area (Å²) in [6.45, 7) is 1.94. The molecule has 8 nitrogen and oxygen atoms in total. The molecule has 0 bridgehead atoms. The van der Waals surface area contributed by atoms with E-state index in [0.29, 0.717) is 37.6 Å². The van der Waals surface area contributed by atoms with Crippen LogP contribution in [0.3, 0.4) is 0 Å². The first-order valence-corrected chi connectivity index (χ1v) is 7.91. The Kier molecular flexibility index (Phi) is 4.99. The molecule has 0 spiro atoms. The molecule has 21 heavy (non-hydrogen) atoms. The first kappa shape index (κ1) is 15.5. The van der Waals surface area contributed by atoms with Crippen molar-refractivity contribution in [1.82, 2.24) is 9.62 Å². The maximum atomic E-state index is 12.1. The minimum atomic E-state index is -3.55. The van der Waals surface area contributed by atoms with Gasteiger partial charge in [-0.25, -0.2) is 0 Å². The van der Waals surface area contributed by atoms with Gasteiger partial charge in [-0.1, -0.05) is 0 Å². The van der Waals surface area contributed by atoms with Crippen LogP contribution < -0.4 is 20.5 Å². The lowest BCUT2D eigenvalue weighted by Gasteiger charge is -2.26. The molecule has 9 heteroatoms. The lowest BCUT2D eigenvalue weighted by atomic mass is 10.3. The van der Waals surface area contributed by atoms with E-state index < -0.39 is 16.1 Å². The molecule has 1 amide bonds. The van der Waals surface area contributed by atoms with Crippen LogP contribution in [0, 0.1) is 0 Å². The van der Waals surface area contributed by atoms with E-state index in [2.05, 4.69) is 10.0 Å². The number of carbonyl (C=O) groups excluding carboxylic acids is 1. The molecule has 1 fully saturated rings. The number of amides is 1. The largest absolute Gasteiger partial charge is 0.484 e. The van der Waals surface area contributed by atoms with Gasteiger partial charge in [0.05, 0.1) is 5.69 Å². The number of nitrogens with two attached hydrogens (primary N) is 1. The summed E-state index contributed by atoms with van der Waals surface area (Å²) in [5, 5.41) is 3.09. The normalized spacial score (nSPS) is 16.4. The van der Waals surface area contributed by atoms with Crippen LogP contribution >= 0.6 is 0 Å². The second-order valence-corrected chi connectivity index (χ2v) is 6.21. The molecule has 0 aliphatic carbocycles. The number of hydrogen-bond donors (Lipinski definition) is 3. The van der Waals surface area contributed by atoms with Gasteiger partial charge in [0.15, 0.2) is 6.61 Å². The van der Waals surface area contributed by atoms with Crippen LogP contribution in [0.25, 0.3) is 0 Å². The van der Waals surface area contributed by atoms with E-state index in [1.165, 1.54) is 4.31 Å². The van der Waals surface area contributed by atoms with E-state index in [1.54, 1.807) is 24.3 Å². The molecule has 1 aromatic carbocycles. The Hall–Kier alpha value is -1.84. The zero-order valence-electron chi connectivity index (χ0n) is 11.4. The predicted octanol–water partition coefficient (Wildman–Crippen LogP) is -0.887. The van der Waals surface area contributed by atoms with E-state index >= 15 is 0 Å². The topological polar surface area (TPSA) is 114 Å². The van der Waals surface area contributed by atoms with Crippen molar-refractivity contribution < 1.29 is 17.9 Å². The highest BCUT2D eigenvalue weighted by molar-refractivity contribution is 7.90. The summed E-state index contributed by atoms with van der Waals surface area (Å²) < 4.78 is 33.3. The molecule has 0 aromatic heterocycles. The molecule has 2 rings (SSSR count). The average molecular weight is 314 g/mol. The highest BCUT2D eigenvalue weighted by Crippen LogP contribution is 2.17. The van der Waals surface area contributed by atoms with E-state index in [1.807, 2.05) is 0 Å². The second-order valence-electron chi connectivity index (χ2n) is 4.54. The highest BCUT2D eigenvalue weighted by Gasteiger charge is 2.23. The third-order valence-corrected chi connectivity index (χ3v) is 4.44. The predicted molar refractivity (Wildman–Crippen MR) is 78.1 cm³/mol. The van der Waals surface area contributed by atoms with E-state index in [4.69, 9.17) is 10.5 Å². The van der Waals surface area contributed by atoms with Crippen molar-refractivity contribution >= 4 is 21.8 Å². The van der Waals surface area contributed by atoms with Crippen LogP contribution in [0.15, 0.2) is 24.3 Å². The number of rotatable bonds is 6. The van der Waals surface area contributed by atoms with E-state index in [-0.39, 0.29) is 6.61 Å². The molecule has 4 N–H and O–H groups in total. The van der Waals surface area contributed by atoms with Crippen molar-refractivity contribution in [1.29, 1.82) is 0 Å². The van der Waals surface area contributed by atoms with Crippen molar-refractivity contribution in [2.24, 2.45) is 5.73 Å². The highest BCUT2D eigenvalue weighted by atomic mass is 32.2. The van der Waals surface area contributed by atoms with Crippen LogP contribution in [0.5, 0.6) is 5.75 Å². The standard InChI is InChI=1S/C12H18N4O4S/c13-12(17)9-20-11-3-1-10(2-4-11)15-21(18,19)16-7-5-14-6-8-16/h1-4,14-15H,5-9H2,(H2,13,17). The Bertz CT molecular complexity index is 582. The molecule has 1 aliphatic rings. The minimum absolute atomic E-state index is 0.216. The molecular weight excluding hydrogens is 296 g/mol. The summed E-state index contributed by atoms with van der Waals surface area (Å²) in [6.07, 6.45) is 0. The Balaban J connectivity index is 1.97. The Labute approximate surface area is 123 Å². The number of nitrogens with one attached hydrogen (secondary N) is 2. The summed E-state index contributed by atoms with van der Waals surface area (Å²) in [4.78, 5) is 10.6. The number of anilines is 1. The quantitative estimate of drug-likeness (QED) is 0.630. The van der Waals surface area contributed by atoms with Crippen LogP contribution in [0.2, 0.25) is 0 Å². The van der Waals surface area contributed by atoms with Gasteiger partial charge in [0.2, 0.25) is 0 Å². The molecule has 1 heterocycles. The maximum Gasteiger partial charge on any atom is 0.301 e. The van der Waals surface area contributed by atoms with Crippen molar-refractivity contribution in [3.05, 3.63) is 24.3 Å². The van der Waals surface area contributed by atoms with Gasteiger partial charge in [0.25, 0.3) is 5.91 Å². The number of carbonyl (C=O) groups is 1. The van der Waals surface area contributed by atoms with Gasteiger partial charge in [-0.2, -0.15) is 12.7 Å². The van der Waals surface area contributed by atoms with Crippen molar-refractivity contribution in [3.8, 4) is 5.75 Å². The van der Waals surface area contributed by atoms with Crippen LogP contribution in [-0.4, -0.2) is 51.4 Å². The summed E-state index contributed by atoms with van der Waals surface area (Å²) in [6, 6.07) is 6.27. The van der Waals surface area contributed by atoms with Gasteiger partial charge in [-0.15, -0.1) is 0 Å². The first-order chi connectivity index (χ1) is 9.97. The van der Waals surface area contributed by atoms with Gasteiger partial charge >= 0.3 is 10.2 Å². The Morgan fingerprint density at radius 3 is 2.48 bits per heavy atom. The van der Waals surface area contributed by atoms with Gasteiger partial charge in [-0.3, -0.25) is 9.52 Å². The molecular formula is C12H18N4O4S. The smallest absolute Gasteiger partial charge is 0.301 e. The zero-order chi connectivity index (χ0) is 15.3. The van der Waals surface area contributed by atoms with Gasteiger partial charge in [-0.05, 0) is 24.3 Å². The van der Waals surface area contributed by atoms with Gasteiger partial charge < -0.3 is 15.8 Å². The summed E-state index contributed by atoms with van der Waals surface area (Å²) >= 11 is 0. The lowest BCUT2D eigenvalue weighted by Crippen LogP contribution is -2.48. The summed E-state index contributed by atoms with van der Waals surface area (Å²) in [5.41, 5.74) is 5.40. The first-order valence-electron chi connectivity index (χ1n) is 6.47. The van der Waals surface area contributed by atoms with Gasteiger partial charge in [0.1, 0.15) is 5.75 Å². The van der Waals surface area contributed by atoms with E-state index in [0.717, 1.165) is 0 Å². The zero-order valence-corrected chi connectivity index (χ0v) is 12.2. The summed E-state index contributed by atoms with van der Waals surface area (Å²) in [7, 11) is -3.55. The Morgan fingerprint density at radius 2 is 1.90 bits per heavy atom. The monoisotopic (exact) mass is 314 g/mol. The summed E-state index contributed by atoms with van der Waals surface area (Å²) in [5.74, 6) is -0.127. The Morgan fingerprint density at radius 1 is 1.29 bits per heavy atom. The number of nitrogens with zero attached hydrogens (tertiary/aromatic N) is 1. The fourth-order valence-electron chi connectivity index (χ4n) is 1.87. The van der Waals surface area contributed by atoms with Gasteiger partial charge in [0, 0.05) is 26.2 Å². The number of piperazine rings is 1.